The standard InChI is InChI=1S/C46H29N3S/c1-3-12-30(13-4-1)31-22-24-32(25-23-31)46-47-40(29-41(48-46)39-19-11-18-38-37-17-8-10-21-44(37)50-45(38)39)33-26-27-36-35-16-7-9-20-42(35)49(43(36)28-33)34-14-5-2-6-15-34/h1-29H. The molecule has 0 atom stereocenters. The summed E-state index contributed by atoms with van der Waals surface area (Å²) in [5.41, 5.74) is 10.8. The Morgan fingerprint density at radius 3 is 1.86 bits per heavy atom. The molecule has 0 radical (unpaired) electrons. The van der Waals surface area contributed by atoms with Gasteiger partial charge in [0.05, 0.1) is 22.4 Å². The van der Waals surface area contributed by atoms with Gasteiger partial charge in [0.2, 0.25) is 0 Å². The van der Waals surface area contributed by atoms with E-state index in [-0.39, 0.29) is 0 Å². The second-order valence-electron chi connectivity index (χ2n) is 12.6. The molecule has 0 saturated carbocycles. The predicted molar refractivity (Wildman–Crippen MR) is 211 cm³/mol. The Kier molecular flexibility index (Phi) is 6.68. The van der Waals surface area contributed by atoms with Gasteiger partial charge in [-0.1, -0.05) is 140 Å². The van der Waals surface area contributed by atoms with Gasteiger partial charge in [-0.25, -0.2) is 9.97 Å². The van der Waals surface area contributed by atoms with Crippen LogP contribution in [0.3, 0.4) is 0 Å². The Morgan fingerprint density at radius 2 is 1.02 bits per heavy atom. The third kappa shape index (κ3) is 4.73. The highest BCUT2D eigenvalue weighted by atomic mass is 32.1. The summed E-state index contributed by atoms with van der Waals surface area (Å²) in [6.07, 6.45) is 0. The molecule has 0 aliphatic heterocycles. The smallest absolute Gasteiger partial charge is 0.160 e. The lowest BCUT2D eigenvalue weighted by molar-refractivity contribution is 1.17. The Labute approximate surface area is 293 Å². The molecule has 10 rings (SSSR count). The van der Waals surface area contributed by atoms with Crippen molar-refractivity contribution in [3.63, 3.8) is 0 Å². The summed E-state index contributed by atoms with van der Waals surface area (Å²) in [4.78, 5) is 10.5. The molecule has 50 heavy (non-hydrogen) atoms. The van der Waals surface area contributed by atoms with Crippen molar-refractivity contribution in [1.82, 2.24) is 14.5 Å². The fourth-order valence-corrected chi connectivity index (χ4v) is 8.46. The van der Waals surface area contributed by atoms with E-state index in [1.807, 2.05) is 17.4 Å². The Balaban J connectivity index is 1.20. The van der Waals surface area contributed by atoms with E-state index in [9.17, 15) is 0 Å². The zero-order chi connectivity index (χ0) is 33.0. The molecule has 0 aliphatic rings. The first-order chi connectivity index (χ1) is 24.8. The molecule has 0 N–H and O–H groups in total. The molecule has 0 spiro atoms. The average molecular weight is 656 g/mol. The van der Waals surface area contributed by atoms with Crippen LogP contribution in [-0.2, 0) is 0 Å². The number of hydrogen-bond donors (Lipinski definition) is 0. The summed E-state index contributed by atoms with van der Waals surface area (Å²) in [5, 5.41) is 4.98. The molecular weight excluding hydrogens is 627 g/mol. The first-order valence-electron chi connectivity index (χ1n) is 16.8. The number of fused-ring (bicyclic) bond motifs is 6. The van der Waals surface area contributed by atoms with Gasteiger partial charge in [0.15, 0.2) is 5.82 Å². The number of aromatic nitrogens is 3. The van der Waals surface area contributed by atoms with Crippen LogP contribution in [0.4, 0.5) is 0 Å². The third-order valence-corrected chi connectivity index (χ3v) is 10.9. The minimum atomic E-state index is 0.707. The van der Waals surface area contributed by atoms with E-state index >= 15 is 0 Å². The Hall–Kier alpha value is -6.36. The SMILES string of the molecule is c1ccc(-c2ccc(-c3nc(-c4ccc5c6ccccc6n(-c6ccccc6)c5c4)cc(-c4cccc5c4sc4ccccc45)n3)cc2)cc1. The second-order valence-corrected chi connectivity index (χ2v) is 13.7. The molecule has 0 aliphatic carbocycles. The zero-order valence-corrected chi connectivity index (χ0v) is 27.8. The molecule has 0 bridgehead atoms. The van der Waals surface area contributed by atoms with Crippen LogP contribution in [0, 0.1) is 0 Å². The summed E-state index contributed by atoms with van der Waals surface area (Å²) in [7, 11) is 0. The van der Waals surface area contributed by atoms with E-state index in [1.54, 1.807) is 0 Å². The lowest BCUT2D eigenvalue weighted by Crippen LogP contribution is -1.97. The van der Waals surface area contributed by atoms with Crippen LogP contribution in [0.5, 0.6) is 0 Å². The van der Waals surface area contributed by atoms with Crippen molar-refractivity contribution in [2.24, 2.45) is 0 Å². The quantitative estimate of drug-likeness (QED) is 0.185. The number of nitrogens with zero attached hydrogens (tertiary/aromatic N) is 3. The van der Waals surface area contributed by atoms with Crippen LogP contribution < -0.4 is 0 Å². The molecule has 3 aromatic heterocycles. The Bertz CT molecular complexity index is 2850. The topological polar surface area (TPSA) is 30.7 Å². The monoisotopic (exact) mass is 655 g/mol. The maximum absolute atomic E-state index is 5.27. The summed E-state index contributed by atoms with van der Waals surface area (Å²) in [6, 6.07) is 62.5. The van der Waals surface area contributed by atoms with Crippen molar-refractivity contribution < 1.29 is 0 Å². The molecule has 3 nitrogen and oxygen atoms in total. The first-order valence-corrected chi connectivity index (χ1v) is 17.6. The second kappa shape index (κ2) is 11.7. The van der Waals surface area contributed by atoms with Gasteiger partial charge < -0.3 is 4.57 Å². The van der Waals surface area contributed by atoms with E-state index in [0.29, 0.717) is 5.82 Å². The van der Waals surface area contributed by atoms with Gasteiger partial charge in [-0.3, -0.25) is 0 Å². The third-order valence-electron chi connectivity index (χ3n) is 9.64. The summed E-state index contributed by atoms with van der Waals surface area (Å²) in [5.74, 6) is 0.707. The van der Waals surface area contributed by atoms with Gasteiger partial charge in [0.1, 0.15) is 0 Å². The molecule has 234 valence electrons. The van der Waals surface area contributed by atoms with E-state index in [2.05, 4.69) is 174 Å². The van der Waals surface area contributed by atoms with Crippen LogP contribution in [0.2, 0.25) is 0 Å². The van der Waals surface area contributed by atoms with E-state index in [0.717, 1.165) is 39.3 Å². The first kappa shape index (κ1) is 28.6. The van der Waals surface area contributed by atoms with E-state index < -0.39 is 0 Å². The van der Waals surface area contributed by atoms with Crippen LogP contribution in [0.15, 0.2) is 176 Å². The fourth-order valence-electron chi connectivity index (χ4n) is 7.24. The average Bonchev–Trinajstić information content (AvgIpc) is 3.74. The molecule has 7 aromatic carbocycles. The summed E-state index contributed by atoms with van der Waals surface area (Å²) < 4.78 is 4.88. The van der Waals surface area contributed by atoms with E-state index in [4.69, 9.17) is 9.97 Å². The Morgan fingerprint density at radius 1 is 0.400 bits per heavy atom. The molecule has 3 heterocycles. The van der Waals surface area contributed by atoms with Gasteiger partial charge in [-0.15, -0.1) is 11.3 Å². The predicted octanol–water partition coefficient (Wildman–Crippen LogP) is 12.6. The summed E-state index contributed by atoms with van der Waals surface area (Å²) >= 11 is 1.83. The number of hydrogen-bond acceptors (Lipinski definition) is 3. The van der Waals surface area contributed by atoms with Crippen LogP contribution in [0.1, 0.15) is 0 Å². The number of para-hydroxylation sites is 2. The molecule has 0 amide bonds. The van der Waals surface area contributed by atoms with Gasteiger partial charge in [-0.2, -0.15) is 0 Å². The normalized spacial score (nSPS) is 11.6. The maximum Gasteiger partial charge on any atom is 0.160 e. The highest BCUT2D eigenvalue weighted by Crippen LogP contribution is 2.41. The minimum Gasteiger partial charge on any atom is -0.309 e. The number of rotatable bonds is 5. The van der Waals surface area contributed by atoms with Crippen LogP contribution >= 0.6 is 11.3 Å². The maximum atomic E-state index is 5.27. The molecule has 0 unspecified atom stereocenters. The molecule has 0 fully saturated rings. The van der Waals surface area contributed by atoms with Crippen molar-refractivity contribution in [2.45, 2.75) is 0 Å². The summed E-state index contributed by atoms with van der Waals surface area (Å²) in [6.45, 7) is 0. The highest BCUT2D eigenvalue weighted by Gasteiger charge is 2.18. The van der Waals surface area contributed by atoms with Crippen LogP contribution in [-0.4, -0.2) is 14.5 Å². The van der Waals surface area contributed by atoms with Gasteiger partial charge in [0.25, 0.3) is 0 Å². The molecule has 10 aromatic rings. The minimum absolute atomic E-state index is 0.707. The zero-order valence-electron chi connectivity index (χ0n) is 27.0. The highest BCUT2D eigenvalue weighted by molar-refractivity contribution is 7.26. The van der Waals surface area contributed by atoms with E-state index in [1.165, 1.54) is 47.6 Å². The number of benzene rings is 7. The lowest BCUT2D eigenvalue weighted by Gasteiger charge is -2.12. The van der Waals surface area contributed by atoms with Gasteiger partial charge in [0, 0.05) is 53.3 Å². The fraction of sp³-hybridized carbons (Fsp3) is 0. The van der Waals surface area contributed by atoms with Gasteiger partial charge in [-0.05, 0) is 47.5 Å². The molecule has 4 heteroatoms. The molecule has 0 saturated heterocycles. The van der Waals surface area contributed by atoms with Crippen molar-refractivity contribution in [3.8, 4) is 50.7 Å². The van der Waals surface area contributed by atoms with Crippen LogP contribution in [0.25, 0.3) is 92.7 Å². The van der Waals surface area contributed by atoms with Crippen molar-refractivity contribution in [2.75, 3.05) is 0 Å². The number of thiophene rings is 1. The lowest BCUT2D eigenvalue weighted by atomic mass is 10.0. The van der Waals surface area contributed by atoms with Gasteiger partial charge >= 0.3 is 0 Å². The van der Waals surface area contributed by atoms with Crippen molar-refractivity contribution in [3.05, 3.63) is 176 Å². The largest absolute Gasteiger partial charge is 0.309 e. The van der Waals surface area contributed by atoms with Crippen molar-refractivity contribution in [1.29, 1.82) is 0 Å². The van der Waals surface area contributed by atoms with Crippen molar-refractivity contribution >= 4 is 53.3 Å². The molecular formula is C46H29N3S.